The minimum Gasteiger partial charge on any atom is -0.467 e. The first-order valence-electron chi connectivity index (χ1n) is 8.51. The van der Waals surface area contributed by atoms with Gasteiger partial charge in [0.05, 0.1) is 19.4 Å². The summed E-state index contributed by atoms with van der Waals surface area (Å²) in [7, 11) is 0. The van der Waals surface area contributed by atoms with Gasteiger partial charge in [0.25, 0.3) is 0 Å². The molecule has 2 aromatic rings. The van der Waals surface area contributed by atoms with Crippen molar-refractivity contribution in [3.8, 4) is 0 Å². The number of anilines is 2. The molecule has 2 aromatic heterocycles. The topological polar surface area (TPSA) is 92.5 Å². The molecule has 3 rings (SSSR count). The molecule has 0 radical (unpaired) electrons. The second kappa shape index (κ2) is 8.36. The fourth-order valence-corrected chi connectivity index (χ4v) is 2.75. The number of furan rings is 1. The van der Waals surface area contributed by atoms with Crippen molar-refractivity contribution >= 4 is 17.7 Å². The first-order chi connectivity index (χ1) is 12.2. The molecule has 1 fully saturated rings. The number of amides is 1. The molecule has 2 N–H and O–H groups in total. The van der Waals surface area contributed by atoms with Crippen LogP contribution in [0.5, 0.6) is 0 Å². The Kier molecular flexibility index (Phi) is 5.71. The number of aromatic nitrogens is 2. The average Bonchev–Trinajstić information content (AvgIpc) is 3.15. The van der Waals surface area contributed by atoms with Crippen LogP contribution in [0.25, 0.3) is 0 Å². The van der Waals surface area contributed by atoms with Crippen LogP contribution in [-0.2, 0) is 11.3 Å². The first kappa shape index (κ1) is 17.1. The van der Waals surface area contributed by atoms with Crippen molar-refractivity contribution in [2.75, 3.05) is 30.3 Å². The lowest BCUT2D eigenvalue weighted by atomic mass is 10.1. The van der Waals surface area contributed by atoms with Crippen molar-refractivity contribution in [3.63, 3.8) is 0 Å². The van der Waals surface area contributed by atoms with E-state index in [1.54, 1.807) is 11.2 Å². The molecule has 1 aliphatic heterocycles. The number of piperidine rings is 1. The van der Waals surface area contributed by atoms with Gasteiger partial charge < -0.3 is 24.7 Å². The maximum absolute atomic E-state index is 11.7. The number of rotatable bonds is 6. The lowest BCUT2D eigenvalue weighted by Gasteiger charge is -2.31. The molecule has 1 aliphatic rings. The second-order valence-corrected chi connectivity index (χ2v) is 5.83. The fraction of sp³-hybridized carbons (Fsp3) is 0.471. The zero-order chi connectivity index (χ0) is 17.5. The average molecular weight is 345 g/mol. The second-order valence-electron chi connectivity index (χ2n) is 5.83. The van der Waals surface area contributed by atoms with Gasteiger partial charge >= 0.3 is 6.09 Å². The van der Waals surface area contributed by atoms with E-state index in [9.17, 15) is 4.79 Å². The quantitative estimate of drug-likeness (QED) is 0.831. The highest BCUT2D eigenvalue weighted by atomic mass is 16.6. The number of carbonyl (C=O) groups is 1. The van der Waals surface area contributed by atoms with Crippen LogP contribution in [0.1, 0.15) is 25.5 Å². The van der Waals surface area contributed by atoms with Crippen molar-refractivity contribution < 1.29 is 13.9 Å². The van der Waals surface area contributed by atoms with E-state index < -0.39 is 0 Å². The van der Waals surface area contributed by atoms with Crippen LogP contribution in [0, 0.1) is 0 Å². The molecule has 0 aromatic carbocycles. The molecular weight excluding hydrogens is 322 g/mol. The summed E-state index contributed by atoms with van der Waals surface area (Å²) in [4.78, 5) is 22.0. The highest BCUT2D eigenvalue weighted by molar-refractivity contribution is 5.67. The molecule has 0 bridgehead atoms. The van der Waals surface area contributed by atoms with Gasteiger partial charge in [0.15, 0.2) is 0 Å². The van der Waals surface area contributed by atoms with Crippen LogP contribution < -0.4 is 10.6 Å². The number of ether oxygens (including phenoxy) is 1. The Labute approximate surface area is 146 Å². The molecule has 8 heteroatoms. The van der Waals surface area contributed by atoms with Gasteiger partial charge in [-0.25, -0.2) is 14.8 Å². The smallest absolute Gasteiger partial charge is 0.409 e. The van der Waals surface area contributed by atoms with E-state index in [4.69, 9.17) is 9.15 Å². The number of nitrogens with one attached hydrogen (secondary N) is 2. The molecule has 25 heavy (non-hydrogen) atoms. The minimum absolute atomic E-state index is 0.229. The van der Waals surface area contributed by atoms with Gasteiger partial charge in [-0.05, 0) is 31.9 Å². The lowest BCUT2D eigenvalue weighted by molar-refractivity contribution is 0.0983. The largest absolute Gasteiger partial charge is 0.467 e. The SMILES string of the molecule is CCOC(=O)N1CCC(Nc2cc(NCc3ccco3)ncn2)CC1. The van der Waals surface area contributed by atoms with Crippen LogP contribution in [0.3, 0.4) is 0 Å². The first-order valence-corrected chi connectivity index (χ1v) is 8.51. The van der Waals surface area contributed by atoms with E-state index in [2.05, 4.69) is 20.6 Å². The third-order valence-electron chi connectivity index (χ3n) is 4.06. The molecule has 1 saturated heterocycles. The lowest BCUT2D eigenvalue weighted by Crippen LogP contribution is -2.42. The van der Waals surface area contributed by atoms with Crippen molar-refractivity contribution in [2.24, 2.45) is 0 Å². The van der Waals surface area contributed by atoms with Crippen molar-refractivity contribution in [2.45, 2.75) is 32.4 Å². The molecule has 0 atom stereocenters. The Morgan fingerprint density at radius 1 is 1.36 bits per heavy atom. The van der Waals surface area contributed by atoms with Crippen molar-refractivity contribution in [3.05, 3.63) is 36.5 Å². The summed E-state index contributed by atoms with van der Waals surface area (Å²) in [6, 6.07) is 5.91. The summed E-state index contributed by atoms with van der Waals surface area (Å²) in [5, 5.41) is 6.62. The Hall–Kier alpha value is -2.77. The van der Waals surface area contributed by atoms with E-state index >= 15 is 0 Å². The third kappa shape index (κ3) is 4.85. The van der Waals surface area contributed by atoms with E-state index in [0.29, 0.717) is 26.2 Å². The molecule has 0 aliphatic carbocycles. The minimum atomic E-state index is -0.229. The number of likely N-dealkylation sites (tertiary alicyclic amines) is 1. The molecule has 0 saturated carbocycles. The predicted molar refractivity (Wildman–Crippen MR) is 93.3 cm³/mol. The fourth-order valence-electron chi connectivity index (χ4n) is 2.75. The maximum atomic E-state index is 11.7. The van der Waals surface area contributed by atoms with Gasteiger partial charge in [0.1, 0.15) is 23.7 Å². The van der Waals surface area contributed by atoms with Gasteiger partial charge in [0, 0.05) is 25.2 Å². The van der Waals surface area contributed by atoms with Gasteiger partial charge in [-0.15, -0.1) is 0 Å². The summed E-state index contributed by atoms with van der Waals surface area (Å²) < 4.78 is 10.3. The number of carbonyl (C=O) groups excluding carboxylic acids is 1. The van der Waals surface area contributed by atoms with Crippen LogP contribution in [-0.4, -0.2) is 46.7 Å². The monoisotopic (exact) mass is 345 g/mol. The molecule has 134 valence electrons. The molecule has 8 nitrogen and oxygen atoms in total. The standard InChI is InChI=1S/C17H23N5O3/c1-2-24-17(23)22-7-5-13(6-8-22)21-16-10-15(19-12-20-16)18-11-14-4-3-9-25-14/h3-4,9-10,12-13H,2,5-8,11H2,1H3,(H2,18,19,20,21). The van der Waals surface area contributed by atoms with Gasteiger partial charge in [-0.3, -0.25) is 0 Å². The number of nitrogens with zero attached hydrogens (tertiary/aromatic N) is 3. The third-order valence-corrected chi connectivity index (χ3v) is 4.06. The predicted octanol–water partition coefficient (Wildman–Crippen LogP) is 2.71. The van der Waals surface area contributed by atoms with Crippen LogP contribution in [0.15, 0.2) is 35.2 Å². The molecule has 1 amide bonds. The van der Waals surface area contributed by atoms with E-state index in [-0.39, 0.29) is 12.1 Å². The zero-order valence-corrected chi connectivity index (χ0v) is 14.3. The van der Waals surface area contributed by atoms with Gasteiger partial charge in [-0.1, -0.05) is 0 Å². The zero-order valence-electron chi connectivity index (χ0n) is 14.3. The molecular formula is C17H23N5O3. The van der Waals surface area contributed by atoms with Crippen LogP contribution in [0.4, 0.5) is 16.4 Å². The highest BCUT2D eigenvalue weighted by Crippen LogP contribution is 2.17. The van der Waals surface area contributed by atoms with Crippen molar-refractivity contribution in [1.29, 1.82) is 0 Å². The Bertz CT molecular complexity index is 669. The van der Waals surface area contributed by atoms with E-state index in [0.717, 1.165) is 30.2 Å². The Morgan fingerprint density at radius 2 is 2.16 bits per heavy atom. The summed E-state index contributed by atoms with van der Waals surface area (Å²) in [5.74, 6) is 2.35. The maximum Gasteiger partial charge on any atom is 0.409 e. The summed E-state index contributed by atoms with van der Waals surface area (Å²) >= 11 is 0. The molecule has 0 unspecified atom stereocenters. The van der Waals surface area contributed by atoms with Gasteiger partial charge in [0.2, 0.25) is 0 Å². The van der Waals surface area contributed by atoms with E-state index in [1.165, 1.54) is 6.33 Å². The van der Waals surface area contributed by atoms with Crippen LogP contribution >= 0.6 is 0 Å². The summed E-state index contributed by atoms with van der Waals surface area (Å²) in [6.45, 7) is 4.17. The van der Waals surface area contributed by atoms with Crippen LogP contribution in [0.2, 0.25) is 0 Å². The Balaban J connectivity index is 1.48. The normalized spacial score (nSPS) is 15.0. The summed E-state index contributed by atoms with van der Waals surface area (Å²) in [6.07, 6.45) is 4.66. The highest BCUT2D eigenvalue weighted by Gasteiger charge is 2.23. The van der Waals surface area contributed by atoms with Gasteiger partial charge in [-0.2, -0.15) is 0 Å². The Morgan fingerprint density at radius 3 is 2.88 bits per heavy atom. The van der Waals surface area contributed by atoms with E-state index in [1.807, 2.05) is 25.1 Å². The number of hydrogen-bond acceptors (Lipinski definition) is 7. The molecule has 3 heterocycles. The summed E-state index contributed by atoms with van der Waals surface area (Å²) in [5.41, 5.74) is 0. The van der Waals surface area contributed by atoms with Crippen molar-refractivity contribution in [1.82, 2.24) is 14.9 Å². The number of hydrogen-bond donors (Lipinski definition) is 2. The molecule has 0 spiro atoms.